The lowest BCUT2D eigenvalue weighted by molar-refractivity contribution is -0.132. The summed E-state index contributed by atoms with van der Waals surface area (Å²) in [7, 11) is 0. The molecule has 1 amide bonds. The Morgan fingerprint density at radius 2 is 1.54 bits per heavy atom. The van der Waals surface area contributed by atoms with Crippen LogP contribution in [0, 0.1) is 5.82 Å². The van der Waals surface area contributed by atoms with E-state index in [2.05, 4.69) is 4.90 Å². The molecule has 2 aromatic carbocycles. The highest BCUT2D eigenvalue weighted by Gasteiger charge is 2.25. The van der Waals surface area contributed by atoms with Crippen molar-refractivity contribution in [1.82, 2.24) is 4.90 Å². The van der Waals surface area contributed by atoms with Gasteiger partial charge >= 0.3 is 0 Å². The van der Waals surface area contributed by atoms with Crippen LogP contribution in [0.25, 0.3) is 0 Å². The van der Waals surface area contributed by atoms with E-state index in [1.165, 1.54) is 12.1 Å². The van der Waals surface area contributed by atoms with Crippen molar-refractivity contribution in [2.75, 3.05) is 31.1 Å². The molecule has 1 aliphatic heterocycles. The van der Waals surface area contributed by atoms with E-state index < -0.39 is 6.04 Å². The molecule has 0 radical (unpaired) electrons. The number of anilines is 1. The minimum atomic E-state index is -0.509. The lowest BCUT2D eigenvalue weighted by Crippen LogP contribution is -2.53. The Hall–Kier alpha value is -1.82. The van der Waals surface area contributed by atoms with Crippen molar-refractivity contribution in [3.63, 3.8) is 0 Å². The van der Waals surface area contributed by atoms with E-state index in [0.29, 0.717) is 19.5 Å². The number of benzene rings is 2. The summed E-state index contributed by atoms with van der Waals surface area (Å²) in [4.78, 5) is 16.5. The van der Waals surface area contributed by atoms with Crippen molar-refractivity contribution in [1.29, 1.82) is 0 Å². The summed E-state index contributed by atoms with van der Waals surface area (Å²) >= 11 is 0. The molecule has 1 aliphatic rings. The predicted octanol–water partition coefficient (Wildman–Crippen LogP) is 2.89. The number of carbonyl (C=O) groups is 1. The summed E-state index contributed by atoms with van der Waals surface area (Å²) in [6.07, 6.45) is 0.553. The average Bonchev–Trinajstić information content (AvgIpc) is 2.63. The first-order chi connectivity index (χ1) is 11.6. The summed E-state index contributed by atoms with van der Waals surface area (Å²) in [5.74, 6) is -0.239. The molecule has 1 saturated heterocycles. The second-order valence-electron chi connectivity index (χ2n) is 6.08. The first-order valence-corrected chi connectivity index (χ1v) is 8.22. The van der Waals surface area contributed by atoms with Gasteiger partial charge in [0, 0.05) is 31.9 Å². The maximum absolute atomic E-state index is 13.0. The van der Waals surface area contributed by atoms with Gasteiger partial charge in [0.2, 0.25) is 5.91 Å². The molecule has 0 saturated carbocycles. The first kappa shape index (κ1) is 22.2. The van der Waals surface area contributed by atoms with Gasteiger partial charge < -0.3 is 15.5 Å². The number of hydrogen-bond acceptors (Lipinski definition) is 3. The Balaban J connectivity index is 0.00000169. The van der Waals surface area contributed by atoms with Gasteiger partial charge in [-0.3, -0.25) is 4.79 Å². The minimum absolute atomic E-state index is 0. The minimum Gasteiger partial charge on any atom is -0.368 e. The molecule has 0 spiro atoms. The average molecular weight is 400 g/mol. The molecule has 1 unspecified atom stereocenters. The Bertz CT molecular complexity index is 677. The summed E-state index contributed by atoms with van der Waals surface area (Å²) < 4.78 is 13.0. The number of piperazine rings is 1. The smallest absolute Gasteiger partial charge is 0.239 e. The van der Waals surface area contributed by atoms with E-state index in [4.69, 9.17) is 5.73 Å². The Morgan fingerprint density at radius 3 is 2.12 bits per heavy atom. The summed E-state index contributed by atoms with van der Waals surface area (Å²) in [5, 5.41) is 0. The van der Waals surface area contributed by atoms with Crippen molar-refractivity contribution in [3.8, 4) is 0 Å². The van der Waals surface area contributed by atoms with Gasteiger partial charge in [-0.2, -0.15) is 0 Å². The molecule has 0 bridgehead atoms. The summed E-state index contributed by atoms with van der Waals surface area (Å²) in [6, 6.07) is 15.8. The topological polar surface area (TPSA) is 49.6 Å². The number of rotatable bonds is 4. The molecule has 2 aromatic rings. The molecule has 0 aliphatic carbocycles. The molecule has 0 aromatic heterocycles. The van der Waals surface area contributed by atoms with Crippen LogP contribution in [0.5, 0.6) is 0 Å². The SMILES string of the molecule is Cl.Cl.NC(Cc1ccccc1)C(=O)N1CCN(c2ccc(F)cc2)CC1. The van der Waals surface area contributed by atoms with E-state index in [9.17, 15) is 9.18 Å². The molecular weight excluding hydrogens is 376 g/mol. The first-order valence-electron chi connectivity index (χ1n) is 8.22. The van der Waals surface area contributed by atoms with Gasteiger partial charge in [0.1, 0.15) is 5.82 Å². The molecule has 4 nitrogen and oxygen atoms in total. The van der Waals surface area contributed by atoms with Crippen LogP contribution < -0.4 is 10.6 Å². The molecule has 3 rings (SSSR count). The fourth-order valence-electron chi connectivity index (χ4n) is 3.03. The van der Waals surface area contributed by atoms with E-state index in [1.54, 1.807) is 12.1 Å². The van der Waals surface area contributed by atoms with E-state index in [-0.39, 0.29) is 36.5 Å². The third-order valence-electron chi connectivity index (χ3n) is 4.40. The van der Waals surface area contributed by atoms with Crippen LogP contribution in [-0.2, 0) is 11.2 Å². The van der Waals surface area contributed by atoms with Crippen molar-refractivity contribution in [2.24, 2.45) is 5.73 Å². The number of amides is 1. The second kappa shape index (κ2) is 10.4. The van der Waals surface area contributed by atoms with Gasteiger partial charge in [0.05, 0.1) is 6.04 Å². The fourth-order valence-corrected chi connectivity index (χ4v) is 3.03. The Labute approximate surface area is 166 Å². The van der Waals surface area contributed by atoms with Crippen LogP contribution >= 0.6 is 24.8 Å². The third kappa shape index (κ3) is 5.59. The molecule has 2 N–H and O–H groups in total. The molecule has 26 heavy (non-hydrogen) atoms. The van der Waals surface area contributed by atoms with Gasteiger partial charge in [-0.1, -0.05) is 30.3 Å². The number of nitrogens with two attached hydrogens (primary N) is 1. The van der Waals surface area contributed by atoms with E-state index in [1.807, 2.05) is 35.2 Å². The fraction of sp³-hybridized carbons (Fsp3) is 0.316. The highest BCUT2D eigenvalue weighted by atomic mass is 35.5. The highest BCUT2D eigenvalue weighted by Crippen LogP contribution is 2.17. The van der Waals surface area contributed by atoms with Crippen LogP contribution in [0.1, 0.15) is 5.56 Å². The van der Waals surface area contributed by atoms with Gasteiger partial charge in [0.15, 0.2) is 0 Å². The quantitative estimate of drug-likeness (QED) is 0.859. The molecule has 7 heteroatoms. The molecule has 142 valence electrons. The van der Waals surface area contributed by atoms with Crippen molar-refractivity contribution in [3.05, 3.63) is 66.0 Å². The monoisotopic (exact) mass is 399 g/mol. The zero-order valence-corrected chi connectivity index (χ0v) is 16.0. The number of halogens is 3. The lowest BCUT2D eigenvalue weighted by Gasteiger charge is -2.37. The predicted molar refractivity (Wildman–Crippen MR) is 108 cm³/mol. The summed E-state index contributed by atoms with van der Waals surface area (Å²) in [6.45, 7) is 2.74. The largest absolute Gasteiger partial charge is 0.368 e. The van der Waals surface area contributed by atoms with Crippen molar-refractivity contribution < 1.29 is 9.18 Å². The molecule has 1 fully saturated rings. The molecular formula is C19H24Cl2FN3O. The van der Waals surface area contributed by atoms with E-state index in [0.717, 1.165) is 24.3 Å². The van der Waals surface area contributed by atoms with Crippen molar-refractivity contribution in [2.45, 2.75) is 12.5 Å². The van der Waals surface area contributed by atoms with Gasteiger partial charge in [-0.15, -0.1) is 24.8 Å². The zero-order chi connectivity index (χ0) is 16.9. The highest BCUT2D eigenvalue weighted by molar-refractivity contribution is 5.85. The van der Waals surface area contributed by atoms with Gasteiger partial charge in [0.25, 0.3) is 0 Å². The maximum Gasteiger partial charge on any atom is 0.239 e. The van der Waals surface area contributed by atoms with E-state index >= 15 is 0 Å². The standard InChI is InChI=1S/C19H22FN3O.2ClH/c20-16-6-8-17(9-7-16)22-10-12-23(13-11-22)19(24)18(21)14-15-4-2-1-3-5-15;;/h1-9,18H,10-14,21H2;2*1H. The molecule has 1 heterocycles. The zero-order valence-electron chi connectivity index (χ0n) is 14.4. The normalized spacial score (nSPS) is 14.8. The van der Waals surface area contributed by atoms with Crippen LogP contribution in [-0.4, -0.2) is 43.0 Å². The number of hydrogen-bond donors (Lipinski definition) is 1. The molecule has 1 atom stereocenters. The van der Waals surface area contributed by atoms with Gasteiger partial charge in [-0.05, 0) is 36.2 Å². The van der Waals surface area contributed by atoms with Gasteiger partial charge in [-0.25, -0.2) is 4.39 Å². The maximum atomic E-state index is 13.0. The van der Waals surface area contributed by atoms with Crippen LogP contribution in [0.15, 0.2) is 54.6 Å². The number of carbonyl (C=O) groups excluding carboxylic acids is 1. The van der Waals surface area contributed by atoms with Crippen LogP contribution in [0.2, 0.25) is 0 Å². The Kier molecular flexibility index (Phi) is 8.85. The second-order valence-corrected chi connectivity index (χ2v) is 6.08. The van der Waals surface area contributed by atoms with Crippen molar-refractivity contribution >= 4 is 36.4 Å². The third-order valence-corrected chi connectivity index (χ3v) is 4.40. The van der Waals surface area contributed by atoms with Crippen LogP contribution in [0.3, 0.4) is 0 Å². The lowest BCUT2D eigenvalue weighted by atomic mass is 10.1. The number of nitrogens with zero attached hydrogens (tertiary/aromatic N) is 2. The Morgan fingerprint density at radius 1 is 0.962 bits per heavy atom. The summed E-state index contributed by atoms with van der Waals surface area (Å²) in [5.41, 5.74) is 8.15. The van der Waals surface area contributed by atoms with Crippen LogP contribution in [0.4, 0.5) is 10.1 Å².